The molecular weight excluding hydrogens is 466 g/mol. The van der Waals surface area contributed by atoms with Gasteiger partial charge in [-0.05, 0) is 0 Å². The molecule has 0 saturated heterocycles. The molecule has 0 nitrogen and oxygen atoms in total. The van der Waals surface area contributed by atoms with Crippen molar-refractivity contribution < 1.29 is 50.7 Å². The van der Waals surface area contributed by atoms with Gasteiger partial charge in [0.25, 0.3) is 0 Å². The van der Waals surface area contributed by atoms with Gasteiger partial charge in [-0.3, -0.25) is 0 Å². The Kier molecular flexibility index (Phi) is 19.2. The van der Waals surface area contributed by atoms with Crippen LogP contribution in [-0.4, -0.2) is 0 Å². The topological polar surface area (TPSA) is 0 Å². The predicted molar refractivity (Wildman–Crippen MR) is 80.1 cm³/mol. The van der Waals surface area contributed by atoms with E-state index in [1.54, 1.807) is 0 Å². The molecule has 2 rings (SSSR count). The average molecular weight is 492 g/mol. The fraction of sp³-hybridized carbons (Fsp3) is 0.556. The van der Waals surface area contributed by atoms with E-state index in [9.17, 15) is 0 Å². The fourth-order valence-electron chi connectivity index (χ4n) is 2.17. The minimum Gasteiger partial charge on any atom is -1.00 e. The molecular formula is C18H26Cl2Hf. The van der Waals surface area contributed by atoms with Gasteiger partial charge in [-0.25, -0.2) is 35.5 Å². The van der Waals surface area contributed by atoms with Crippen molar-refractivity contribution in [3.63, 3.8) is 0 Å². The van der Waals surface area contributed by atoms with Crippen LogP contribution in [0.25, 0.3) is 0 Å². The zero-order valence-electron chi connectivity index (χ0n) is 13.7. The van der Waals surface area contributed by atoms with Crippen LogP contribution in [0.15, 0.2) is 34.4 Å². The first kappa shape index (κ1) is 26.3. The van der Waals surface area contributed by atoms with E-state index >= 15 is 0 Å². The number of hydrogen-bond acceptors (Lipinski definition) is 0. The molecule has 0 aromatic heterocycles. The van der Waals surface area contributed by atoms with E-state index < -0.39 is 0 Å². The Morgan fingerprint density at radius 1 is 0.810 bits per heavy atom. The monoisotopic (exact) mass is 492 g/mol. The van der Waals surface area contributed by atoms with Crippen molar-refractivity contribution in [3.8, 4) is 0 Å². The second-order valence-electron chi connectivity index (χ2n) is 5.18. The van der Waals surface area contributed by atoms with Gasteiger partial charge in [-0.2, -0.15) is 11.1 Å². The molecule has 0 unspecified atom stereocenters. The number of hydrogen-bond donors (Lipinski definition) is 0. The first-order valence-corrected chi connectivity index (χ1v) is 7.22. The third kappa shape index (κ3) is 11.6. The smallest absolute Gasteiger partial charge is 1.00 e. The van der Waals surface area contributed by atoms with Crippen LogP contribution >= 0.6 is 0 Å². The summed E-state index contributed by atoms with van der Waals surface area (Å²) in [7, 11) is 0. The molecule has 2 aliphatic carbocycles. The first-order chi connectivity index (χ1) is 8.65. The van der Waals surface area contributed by atoms with E-state index in [4.69, 9.17) is 0 Å². The van der Waals surface area contributed by atoms with Gasteiger partial charge in [0.1, 0.15) is 0 Å². The standard InChI is InChI=1S/2C9H13.2ClH.Hf/c2*1-3-4-9-6-5-8(2)7-9;;;/h2*6H,3-5H2,1-2H3;2*1H;/q2*-1;;;+4/p-2. The first-order valence-electron chi connectivity index (χ1n) is 7.22. The van der Waals surface area contributed by atoms with E-state index in [0.29, 0.717) is 0 Å². The van der Waals surface area contributed by atoms with Crippen LogP contribution in [0.4, 0.5) is 0 Å². The van der Waals surface area contributed by atoms with Gasteiger partial charge in [0.05, 0.1) is 0 Å². The Bertz CT molecular complexity index is 352. The Labute approximate surface area is 162 Å². The summed E-state index contributed by atoms with van der Waals surface area (Å²) in [6, 6.07) is 0. The SMILES string of the molecule is CCCC1=CCC(C)=[C-]1.CCCC1=CCC(C)=[C-]1.[Cl-].[Cl-].[Hf+4]. The van der Waals surface area contributed by atoms with Crippen LogP contribution in [0.2, 0.25) is 0 Å². The molecule has 0 aromatic carbocycles. The molecule has 0 amide bonds. The Morgan fingerprint density at radius 3 is 1.33 bits per heavy atom. The predicted octanol–water partition coefficient (Wildman–Crippen LogP) is -0.262. The molecule has 0 aliphatic heterocycles. The zero-order valence-corrected chi connectivity index (χ0v) is 18.8. The molecule has 0 saturated carbocycles. The second kappa shape index (κ2) is 15.3. The molecule has 2 aliphatic rings. The summed E-state index contributed by atoms with van der Waals surface area (Å²) in [6.45, 7) is 8.69. The Morgan fingerprint density at radius 2 is 1.14 bits per heavy atom. The quantitative estimate of drug-likeness (QED) is 0.376. The molecule has 0 spiro atoms. The van der Waals surface area contributed by atoms with E-state index in [1.807, 2.05) is 0 Å². The molecule has 0 fully saturated rings. The van der Waals surface area contributed by atoms with Crippen LogP contribution in [-0.2, 0) is 25.8 Å². The molecule has 0 atom stereocenters. The van der Waals surface area contributed by atoms with Crippen LogP contribution in [0.3, 0.4) is 0 Å². The van der Waals surface area contributed by atoms with Gasteiger partial charge in [0, 0.05) is 0 Å². The van der Waals surface area contributed by atoms with Gasteiger partial charge in [-0.1, -0.05) is 66.2 Å². The minimum atomic E-state index is 0. The third-order valence-electron chi connectivity index (χ3n) is 3.10. The van der Waals surface area contributed by atoms with E-state index in [1.165, 1.54) is 48.0 Å². The molecule has 116 valence electrons. The normalized spacial score (nSPS) is 15.0. The molecule has 21 heavy (non-hydrogen) atoms. The summed E-state index contributed by atoms with van der Waals surface area (Å²) in [6.07, 6.45) is 18.4. The molecule has 0 radical (unpaired) electrons. The van der Waals surface area contributed by atoms with Crippen LogP contribution in [0, 0.1) is 12.2 Å². The fourth-order valence-corrected chi connectivity index (χ4v) is 2.17. The third-order valence-corrected chi connectivity index (χ3v) is 3.10. The number of rotatable bonds is 4. The maximum absolute atomic E-state index is 3.33. The van der Waals surface area contributed by atoms with Crippen molar-refractivity contribution in [1.82, 2.24) is 0 Å². The van der Waals surface area contributed by atoms with E-state index in [2.05, 4.69) is 52.0 Å². The van der Waals surface area contributed by atoms with Crippen LogP contribution in [0.5, 0.6) is 0 Å². The molecule has 0 aromatic rings. The Hall–Kier alpha value is 0.410. The van der Waals surface area contributed by atoms with Crippen LogP contribution < -0.4 is 24.8 Å². The molecule has 0 bridgehead atoms. The van der Waals surface area contributed by atoms with Crippen molar-refractivity contribution in [2.24, 2.45) is 0 Å². The van der Waals surface area contributed by atoms with Gasteiger partial charge < -0.3 is 24.8 Å². The Balaban J connectivity index is -0.000000270. The molecule has 0 N–H and O–H groups in total. The summed E-state index contributed by atoms with van der Waals surface area (Å²) in [5.74, 6) is 0. The van der Waals surface area contributed by atoms with E-state index in [0.717, 1.165) is 12.8 Å². The number of allylic oxidation sites excluding steroid dienone is 8. The summed E-state index contributed by atoms with van der Waals surface area (Å²) in [5, 5.41) is 0. The van der Waals surface area contributed by atoms with Gasteiger partial charge in [-0.15, -0.1) is 0 Å². The molecule has 0 heterocycles. The maximum Gasteiger partial charge on any atom is 4.00 e. The summed E-state index contributed by atoms with van der Waals surface area (Å²) >= 11 is 0. The van der Waals surface area contributed by atoms with Crippen molar-refractivity contribution in [2.75, 3.05) is 0 Å². The average Bonchev–Trinajstić information content (AvgIpc) is 2.90. The van der Waals surface area contributed by atoms with Gasteiger partial charge in [0.2, 0.25) is 0 Å². The van der Waals surface area contributed by atoms with Crippen molar-refractivity contribution in [1.29, 1.82) is 0 Å². The van der Waals surface area contributed by atoms with Crippen molar-refractivity contribution in [3.05, 3.63) is 46.6 Å². The van der Waals surface area contributed by atoms with Crippen LogP contribution in [0.1, 0.15) is 66.2 Å². The van der Waals surface area contributed by atoms with Gasteiger partial charge in [0.15, 0.2) is 0 Å². The summed E-state index contributed by atoms with van der Waals surface area (Å²) in [4.78, 5) is 0. The van der Waals surface area contributed by atoms with Crippen molar-refractivity contribution >= 4 is 0 Å². The van der Waals surface area contributed by atoms with Gasteiger partial charge >= 0.3 is 25.8 Å². The van der Waals surface area contributed by atoms with Crippen molar-refractivity contribution in [2.45, 2.75) is 66.2 Å². The largest absolute Gasteiger partial charge is 4.00 e. The van der Waals surface area contributed by atoms with E-state index in [-0.39, 0.29) is 50.7 Å². The summed E-state index contributed by atoms with van der Waals surface area (Å²) in [5.41, 5.74) is 5.60. The minimum absolute atomic E-state index is 0. The second-order valence-corrected chi connectivity index (χ2v) is 5.18. The maximum atomic E-state index is 3.33. The molecule has 3 heteroatoms. The summed E-state index contributed by atoms with van der Waals surface area (Å²) < 4.78 is 0. The zero-order chi connectivity index (χ0) is 13.4. The number of halogens is 2.